The summed E-state index contributed by atoms with van der Waals surface area (Å²) in [4.78, 5) is 14.3. The SMILES string of the molecule is Cc1nnn(-c2ccc(C(F)F)cc2)c1COc1ccc(N2CC[C@@H]3CCNC(=O)[C@@H]3C2)nn1. The molecule has 0 bridgehead atoms. The molecule has 2 saturated heterocycles. The smallest absolute Gasteiger partial charge is 0.263 e. The van der Waals surface area contributed by atoms with E-state index < -0.39 is 6.43 Å². The second kappa shape index (κ2) is 9.32. The zero-order valence-corrected chi connectivity index (χ0v) is 18.7. The third-order valence-corrected chi connectivity index (χ3v) is 6.56. The second-order valence-corrected chi connectivity index (χ2v) is 8.62. The van der Waals surface area contributed by atoms with Gasteiger partial charge in [-0.2, -0.15) is 0 Å². The van der Waals surface area contributed by atoms with Crippen LogP contribution in [0.5, 0.6) is 5.88 Å². The van der Waals surface area contributed by atoms with Gasteiger partial charge in [-0.25, -0.2) is 13.5 Å². The number of anilines is 1. The minimum absolute atomic E-state index is 0.00857. The summed E-state index contributed by atoms with van der Waals surface area (Å²) in [5, 5.41) is 19.6. The minimum atomic E-state index is -2.53. The number of rotatable bonds is 6. The van der Waals surface area contributed by atoms with Crippen LogP contribution in [-0.4, -0.2) is 50.7 Å². The first-order valence-electron chi connectivity index (χ1n) is 11.3. The Kier molecular flexibility index (Phi) is 6.08. The fraction of sp³-hybridized carbons (Fsp3) is 0.435. The van der Waals surface area contributed by atoms with E-state index in [1.807, 2.05) is 6.07 Å². The Morgan fingerprint density at radius 3 is 2.68 bits per heavy atom. The lowest BCUT2D eigenvalue weighted by Crippen LogP contribution is -2.52. The molecule has 2 fully saturated rings. The van der Waals surface area contributed by atoms with E-state index in [0.717, 1.165) is 25.9 Å². The molecule has 1 amide bonds. The number of aryl methyl sites for hydroxylation is 1. The normalized spacial score (nSPS) is 20.2. The van der Waals surface area contributed by atoms with Crippen LogP contribution in [0.4, 0.5) is 14.6 Å². The maximum atomic E-state index is 12.8. The first kappa shape index (κ1) is 22.2. The van der Waals surface area contributed by atoms with Crippen molar-refractivity contribution in [3.8, 4) is 11.6 Å². The number of carbonyl (C=O) groups is 1. The van der Waals surface area contributed by atoms with E-state index >= 15 is 0 Å². The van der Waals surface area contributed by atoms with Crippen molar-refractivity contribution in [3.05, 3.63) is 53.3 Å². The van der Waals surface area contributed by atoms with Gasteiger partial charge in [0.25, 0.3) is 6.43 Å². The van der Waals surface area contributed by atoms with Crippen molar-refractivity contribution in [3.63, 3.8) is 0 Å². The summed E-state index contributed by atoms with van der Waals surface area (Å²) in [6.07, 6.45) is -0.529. The Labute approximate surface area is 195 Å². The van der Waals surface area contributed by atoms with E-state index in [0.29, 0.717) is 41.2 Å². The summed E-state index contributed by atoms with van der Waals surface area (Å²) in [6.45, 7) is 4.19. The molecule has 11 heteroatoms. The van der Waals surface area contributed by atoms with E-state index in [2.05, 4.69) is 30.7 Å². The summed E-state index contributed by atoms with van der Waals surface area (Å²) in [7, 11) is 0. The highest BCUT2D eigenvalue weighted by Gasteiger charge is 2.37. The van der Waals surface area contributed by atoms with Crippen LogP contribution in [0.3, 0.4) is 0 Å². The number of aromatic nitrogens is 5. The molecule has 2 aromatic heterocycles. The van der Waals surface area contributed by atoms with Crippen LogP contribution in [0.15, 0.2) is 36.4 Å². The summed E-state index contributed by atoms with van der Waals surface area (Å²) in [5.74, 6) is 1.61. The summed E-state index contributed by atoms with van der Waals surface area (Å²) in [6, 6.07) is 9.47. The van der Waals surface area contributed by atoms with E-state index in [-0.39, 0.29) is 24.0 Å². The molecule has 5 rings (SSSR count). The van der Waals surface area contributed by atoms with Gasteiger partial charge in [0.1, 0.15) is 12.3 Å². The number of hydrogen-bond acceptors (Lipinski definition) is 7. The number of nitrogens with one attached hydrogen (secondary N) is 1. The standard InChI is InChI=1S/C23H25F2N7O2/c1-14-19(32(30-27-14)17-4-2-16(3-5-17)22(24)25)13-34-21-7-6-20(28-29-21)31-11-9-15-8-10-26-23(33)18(15)12-31/h2-7,15,18,22H,8-13H2,1H3,(H,26,33)/t15-,18+/m0/s1. The van der Waals surface area contributed by atoms with Gasteiger partial charge in [0.05, 0.1) is 17.3 Å². The van der Waals surface area contributed by atoms with E-state index in [1.54, 1.807) is 29.8 Å². The zero-order valence-electron chi connectivity index (χ0n) is 18.7. The molecular weight excluding hydrogens is 444 g/mol. The summed E-state index contributed by atoms with van der Waals surface area (Å²) < 4.78 is 33.1. The number of nitrogens with zero attached hydrogens (tertiary/aromatic N) is 6. The molecule has 0 unspecified atom stereocenters. The highest BCUT2D eigenvalue weighted by Crippen LogP contribution is 2.31. The van der Waals surface area contributed by atoms with Crippen LogP contribution in [0.25, 0.3) is 5.69 Å². The second-order valence-electron chi connectivity index (χ2n) is 8.62. The van der Waals surface area contributed by atoms with Crippen molar-refractivity contribution >= 4 is 11.7 Å². The quantitative estimate of drug-likeness (QED) is 0.593. The van der Waals surface area contributed by atoms with E-state index in [1.165, 1.54) is 12.1 Å². The van der Waals surface area contributed by atoms with Crippen LogP contribution in [0.2, 0.25) is 0 Å². The molecule has 2 aliphatic heterocycles. The number of benzene rings is 1. The number of amides is 1. The molecule has 9 nitrogen and oxygen atoms in total. The maximum absolute atomic E-state index is 12.8. The average Bonchev–Trinajstić information content (AvgIpc) is 3.23. The van der Waals surface area contributed by atoms with Crippen molar-refractivity contribution in [2.75, 3.05) is 24.5 Å². The van der Waals surface area contributed by atoms with Crippen LogP contribution < -0.4 is 15.0 Å². The van der Waals surface area contributed by atoms with Gasteiger partial charge in [0, 0.05) is 31.3 Å². The number of alkyl halides is 2. The maximum Gasteiger partial charge on any atom is 0.263 e. The van der Waals surface area contributed by atoms with Crippen molar-refractivity contribution in [1.82, 2.24) is 30.5 Å². The minimum Gasteiger partial charge on any atom is -0.470 e. The van der Waals surface area contributed by atoms with Crippen LogP contribution in [-0.2, 0) is 11.4 Å². The van der Waals surface area contributed by atoms with Gasteiger partial charge in [-0.3, -0.25) is 4.79 Å². The van der Waals surface area contributed by atoms with Gasteiger partial charge >= 0.3 is 0 Å². The predicted molar refractivity (Wildman–Crippen MR) is 119 cm³/mol. The Hall–Kier alpha value is -3.63. The average molecular weight is 469 g/mol. The molecule has 0 saturated carbocycles. The first-order chi connectivity index (χ1) is 16.5. The van der Waals surface area contributed by atoms with Crippen molar-refractivity contribution in [1.29, 1.82) is 0 Å². The molecule has 2 aliphatic rings. The Balaban J connectivity index is 1.24. The van der Waals surface area contributed by atoms with E-state index in [4.69, 9.17) is 4.74 Å². The topological polar surface area (TPSA) is 98.1 Å². The van der Waals surface area contributed by atoms with Crippen molar-refractivity contribution in [2.45, 2.75) is 32.8 Å². The van der Waals surface area contributed by atoms with E-state index in [9.17, 15) is 13.6 Å². The molecule has 1 aromatic carbocycles. The number of halogens is 2. The fourth-order valence-electron chi connectivity index (χ4n) is 4.57. The van der Waals surface area contributed by atoms with Gasteiger partial charge in [0.2, 0.25) is 11.8 Å². The number of carbonyl (C=O) groups excluding carboxylic acids is 1. The molecule has 34 heavy (non-hydrogen) atoms. The highest BCUT2D eigenvalue weighted by atomic mass is 19.3. The van der Waals surface area contributed by atoms with Crippen LogP contribution in [0.1, 0.15) is 36.2 Å². The lowest BCUT2D eigenvalue weighted by atomic mass is 9.80. The number of fused-ring (bicyclic) bond motifs is 1. The number of piperidine rings is 2. The summed E-state index contributed by atoms with van der Waals surface area (Å²) in [5.41, 5.74) is 1.90. The third kappa shape index (κ3) is 4.42. The molecule has 3 aromatic rings. The van der Waals surface area contributed by atoms with Gasteiger partial charge in [0.15, 0.2) is 5.82 Å². The molecule has 178 valence electrons. The molecule has 2 atom stereocenters. The van der Waals surface area contributed by atoms with Gasteiger partial charge in [-0.1, -0.05) is 17.3 Å². The number of hydrogen-bond donors (Lipinski definition) is 1. The Bertz CT molecular complexity index is 1150. The number of ether oxygens (including phenoxy) is 1. The van der Waals surface area contributed by atoms with Gasteiger partial charge in [-0.15, -0.1) is 15.3 Å². The monoisotopic (exact) mass is 469 g/mol. The first-order valence-corrected chi connectivity index (χ1v) is 11.3. The Morgan fingerprint density at radius 1 is 1.12 bits per heavy atom. The predicted octanol–water partition coefficient (Wildman–Crippen LogP) is 2.84. The van der Waals surface area contributed by atoms with Gasteiger partial charge < -0.3 is 15.0 Å². The molecule has 0 aliphatic carbocycles. The molecule has 1 N–H and O–H groups in total. The van der Waals surface area contributed by atoms with Crippen molar-refractivity contribution in [2.24, 2.45) is 11.8 Å². The third-order valence-electron chi connectivity index (χ3n) is 6.56. The molecule has 0 spiro atoms. The summed E-state index contributed by atoms with van der Waals surface area (Å²) >= 11 is 0. The molecular formula is C23H25F2N7O2. The Morgan fingerprint density at radius 2 is 1.94 bits per heavy atom. The lowest BCUT2D eigenvalue weighted by molar-refractivity contribution is -0.129. The largest absolute Gasteiger partial charge is 0.470 e. The van der Waals surface area contributed by atoms with Gasteiger partial charge in [-0.05, 0) is 43.9 Å². The zero-order chi connectivity index (χ0) is 23.7. The van der Waals surface area contributed by atoms with Crippen molar-refractivity contribution < 1.29 is 18.3 Å². The van der Waals surface area contributed by atoms with Crippen LogP contribution >= 0.6 is 0 Å². The molecule has 0 radical (unpaired) electrons. The fourth-order valence-corrected chi connectivity index (χ4v) is 4.57. The van der Waals surface area contributed by atoms with Crippen LogP contribution in [0, 0.1) is 18.8 Å². The lowest BCUT2D eigenvalue weighted by Gasteiger charge is -2.40. The highest BCUT2D eigenvalue weighted by molar-refractivity contribution is 5.80. The molecule has 4 heterocycles.